The molecule has 3 rings (SSSR count). The van der Waals surface area contributed by atoms with Gasteiger partial charge in [-0.05, 0) is 53.7 Å². The molecule has 31 heavy (non-hydrogen) atoms. The normalized spacial score (nSPS) is 11.2. The monoisotopic (exact) mass is 433 g/mol. The van der Waals surface area contributed by atoms with Crippen molar-refractivity contribution in [2.75, 3.05) is 19.1 Å². The number of carbonyl (C=O) groups excluding carboxylic acids is 2. The highest BCUT2D eigenvalue weighted by molar-refractivity contribution is 7.98. The number of thioether (sulfide) groups is 1. The first kappa shape index (κ1) is 22.2. The number of nitrogens with zero attached hydrogens (tertiary/aromatic N) is 1. The molecular formula is C24H23N3O3S. The second-order valence-electron chi connectivity index (χ2n) is 6.64. The molecule has 158 valence electrons. The lowest BCUT2D eigenvalue weighted by molar-refractivity contribution is -0.142. The Hall–Kier alpha value is -3.50. The molecule has 0 bridgehead atoms. The van der Waals surface area contributed by atoms with Gasteiger partial charge >= 0.3 is 5.97 Å². The molecule has 1 aromatic heterocycles. The number of aromatic amines is 1. The number of methoxy groups -OCH3 is 1. The molecule has 6 nitrogen and oxygen atoms in total. The van der Waals surface area contributed by atoms with Crippen molar-refractivity contribution in [1.82, 2.24) is 15.3 Å². The first-order chi connectivity index (χ1) is 15.1. The summed E-state index contributed by atoms with van der Waals surface area (Å²) in [6, 6.07) is 14.3. The van der Waals surface area contributed by atoms with Crippen LogP contribution in [-0.4, -0.2) is 47.0 Å². The van der Waals surface area contributed by atoms with Gasteiger partial charge in [-0.3, -0.25) is 4.79 Å². The van der Waals surface area contributed by atoms with Crippen LogP contribution in [0.25, 0.3) is 11.1 Å². The van der Waals surface area contributed by atoms with Crippen LogP contribution in [0.1, 0.15) is 28.2 Å². The van der Waals surface area contributed by atoms with E-state index in [1.165, 1.54) is 7.11 Å². The Labute approximate surface area is 185 Å². The van der Waals surface area contributed by atoms with Gasteiger partial charge in [0.1, 0.15) is 6.04 Å². The molecule has 0 radical (unpaired) electrons. The lowest BCUT2D eigenvalue weighted by Gasteiger charge is -2.17. The molecule has 0 spiro atoms. The summed E-state index contributed by atoms with van der Waals surface area (Å²) in [4.78, 5) is 32.3. The summed E-state index contributed by atoms with van der Waals surface area (Å²) in [5.74, 6) is 6.54. The van der Waals surface area contributed by atoms with Gasteiger partial charge in [-0.2, -0.15) is 11.8 Å². The standard InChI is InChI=1S/C24H23N3O3S/c1-30-24(29)21(12-15-31-2)27-23(28)19-10-8-17(9-11-22-25-13-14-26-22)16-20(19)18-6-4-3-5-7-18/h3-8,10,13-14,16,21H,12,15H2,1-2H3,(H,25,26)(H,27,28). The molecule has 0 aliphatic carbocycles. The van der Waals surface area contributed by atoms with Gasteiger partial charge in [0.15, 0.2) is 5.82 Å². The Morgan fingerprint density at radius 3 is 2.68 bits per heavy atom. The van der Waals surface area contributed by atoms with E-state index in [0.717, 1.165) is 22.4 Å². The van der Waals surface area contributed by atoms with Gasteiger partial charge in [-0.25, -0.2) is 9.78 Å². The number of ether oxygens (including phenoxy) is 1. The summed E-state index contributed by atoms with van der Waals surface area (Å²) in [5, 5.41) is 2.82. The van der Waals surface area contributed by atoms with Gasteiger partial charge in [-0.15, -0.1) is 0 Å². The molecule has 0 fully saturated rings. The van der Waals surface area contributed by atoms with E-state index < -0.39 is 12.0 Å². The van der Waals surface area contributed by atoms with E-state index >= 15 is 0 Å². The third-order valence-electron chi connectivity index (χ3n) is 4.57. The number of aromatic nitrogens is 2. The smallest absolute Gasteiger partial charge is 0.328 e. The van der Waals surface area contributed by atoms with Gasteiger partial charge < -0.3 is 15.0 Å². The average Bonchev–Trinajstić information content (AvgIpc) is 3.34. The summed E-state index contributed by atoms with van der Waals surface area (Å²) >= 11 is 1.61. The number of esters is 1. The number of imidazole rings is 1. The molecule has 1 unspecified atom stereocenters. The third-order valence-corrected chi connectivity index (χ3v) is 5.22. The second kappa shape index (κ2) is 11.0. The van der Waals surface area contributed by atoms with Crippen LogP contribution in [0.4, 0.5) is 0 Å². The summed E-state index contributed by atoms with van der Waals surface area (Å²) < 4.78 is 4.86. The third kappa shape index (κ3) is 6.00. The van der Waals surface area contributed by atoms with Crippen LogP contribution < -0.4 is 5.32 Å². The Bertz CT molecular complexity index is 1090. The van der Waals surface area contributed by atoms with E-state index in [1.54, 1.807) is 36.3 Å². The van der Waals surface area contributed by atoms with Gasteiger partial charge in [0.2, 0.25) is 0 Å². The zero-order valence-corrected chi connectivity index (χ0v) is 18.2. The number of hydrogen-bond donors (Lipinski definition) is 2. The molecule has 1 heterocycles. The van der Waals surface area contributed by atoms with Crippen molar-refractivity contribution < 1.29 is 14.3 Å². The highest BCUT2D eigenvalue weighted by atomic mass is 32.2. The number of nitrogens with one attached hydrogen (secondary N) is 2. The zero-order chi connectivity index (χ0) is 22.1. The van der Waals surface area contributed by atoms with E-state index in [1.807, 2.05) is 42.7 Å². The maximum atomic E-state index is 13.1. The number of amides is 1. The van der Waals surface area contributed by atoms with Crippen LogP contribution in [0.15, 0.2) is 60.9 Å². The Kier molecular flexibility index (Phi) is 7.91. The fourth-order valence-corrected chi connectivity index (χ4v) is 3.48. The topological polar surface area (TPSA) is 84.1 Å². The van der Waals surface area contributed by atoms with E-state index in [-0.39, 0.29) is 5.91 Å². The second-order valence-corrected chi connectivity index (χ2v) is 7.63. The average molecular weight is 434 g/mol. The highest BCUT2D eigenvalue weighted by Gasteiger charge is 2.23. The molecule has 7 heteroatoms. The first-order valence-corrected chi connectivity index (χ1v) is 11.1. The quantitative estimate of drug-likeness (QED) is 0.440. The van der Waals surface area contributed by atoms with Crippen LogP contribution in [0.2, 0.25) is 0 Å². The Morgan fingerprint density at radius 2 is 2.00 bits per heavy atom. The van der Waals surface area contributed by atoms with Gasteiger partial charge in [-0.1, -0.05) is 36.3 Å². The van der Waals surface area contributed by atoms with Crippen LogP contribution in [0, 0.1) is 11.8 Å². The lowest BCUT2D eigenvalue weighted by atomic mass is 9.96. The number of rotatable bonds is 7. The van der Waals surface area contributed by atoms with Crippen LogP contribution in [-0.2, 0) is 9.53 Å². The molecule has 0 saturated carbocycles. The van der Waals surface area contributed by atoms with Gasteiger partial charge in [0.25, 0.3) is 5.91 Å². The van der Waals surface area contributed by atoms with Gasteiger partial charge in [0, 0.05) is 23.5 Å². The minimum atomic E-state index is -0.702. The van der Waals surface area contributed by atoms with Crippen molar-refractivity contribution in [1.29, 1.82) is 0 Å². The number of H-pyrrole nitrogens is 1. The van der Waals surface area contributed by atoms with E-state index in [9.17, 15) is 9.59 Å². The van der Waals surface area contributed by atoms with Crippen molar-refractivity contribution in [3.05, 3.63) is 77.9 Å². The molecule has 0 aliphatic heterocycles. The van der Waals surface area contributed by atoms with E-state index in [2.05, 4.69) is 27.1 Å². The number of hydrogen-bond acceptors (Lipinski definition) is 5. The fraction of sp³-hybridized carbons (Fsp3) is 0.208. The minimum Gasteiger partial charge on any atom is -0.467 e. The summed E-state index contributed by atoms with van der Waals surface area (Å²) in [7, 11) is 1.32. The lowest BCUT2D eigenvalue weighted by Crippen LogP contribution is -2.42. The molecule has 2 N–H and O–H groups in total. The largest absolute Gasteiger partial charge is 0.467 e. The number of benzene rings is 2. The summed E-state index contributed by atoms with van der Waals surface area (Å²) in [6.45, 7) is 0. The molecule has 1 amide bonds. The molecular weight excluding hydrogens is 410 g/mol. The minimum absolute atomic E-state index is 0.333. The maximum Gasteiger partial charge on any atom is 0.328 e. The predicted octanol–water partition coefficient (Wildman–Crippen LogP) is 3.50. The summed E-state index contributed by atoms with van der Waals surface area (Å²) in [6.07, 6.45) is 5.79. The van der Waals surface area contributed by atoms with Crippen LogP contribution >= 0.6 is 11.8 Å². The van der Waals surface area contributed by atoms with Crippen molar-refractivity contribution >= 4 is 23.6 Å². The van der Waals surface area contributed by atoms with Crippen molar-refractivity contribution in [3.8, 4) is 23.0 Å². The molecule has 2 aromatic carbocycles. The zero-order valence-electron chi connectivity index (χ0n) is 17.3. The maximum absolute atomic E-state index is 13.1. The highest BCUT2D eigenvalue weighted by Crippen LogP contribution is 2.25. The van der Waals surface area contributed by atoms with Crippen molar-refractivity contribution in [2.24, 2.45) is 0 Å². The van der Waals surface area contributed by atoms with E-state index in [4.69, 9.17) is 4.74 Å². The summed E-state index contributed by atoms with van der Waals surface area (Å²) in [5.41, 5.74) is 2.83. The molecule has 0 aliphatic rings. The van der Waals surface area contributed by atoms with Crippen molar-refractivity contribution in [2.45, 2.75) is 12.5 Å². The first-order valence-electron chi connectivity index (χ1n) is 9.71. The van der Waals surface area contributed by atoms with Gasteiger partial charge in [0.05, 0.1) is 7.11 Å². The Morgan fingerprint density at radius 1 is 1.19 bits per heavy atom. The predicted molar refractivity (Wildman–Crippen MR) is 123 cm³/mol. The van der Waals surface area contributed by atoms with Crippen molar-refractivity contribution in [3.63, 3.8) is 0 Å². The SMILES string of the molecule is COC(=O)C(CCSC)NC(=O)c1ccc(C#Cc2ncc[nH]2)cc1-c1ccccc1. The molecule has 3 aromatic rings. The van der Waals surface area contributed by atoms with E-state index in [0.29, 0.717) is 17.8 Å². The van der Waals surface area contributed by atoms with Crippen LogP contribution in [0.3, 0.4) is 0 Å². The Balaban J connectivity index is 1.94. The fourth-order valence-electron chi connectivity index (χ4n) is 3.00. The molecule has 0 saturated heterocycles. The van der Waals surface area contributed by atoms with Crippen LogP contribution in [0.5, 0.6) is 0 Å². The number of carbonyl (C=O) groups is 2. The molecule has 1 atom stereocenters.